The first-order valence-electron chi connectivity index (χ1n) is 4.31. The van der Waals surface area contributed by atoms with Gasteiger partial charge in [-0.2, -0.15) is 0 Å². The predicted octanol–water partition coefficient (Wildman–Crippen LogP) is 1.99. The summed E-state index contributed by atoms with van der Waals surface area (Å²) in [5.41, 5.74) is 0. The first-order valence-corrected chi connectivity index (χ1v) is 5.10. The number of aromatic nitrogens is 4. The van der Waals surface area contributed by atoms with E-state index in [9.17, 15) is 0 Å². The largest absolute Gasteiger partial charge is 0.272 e. The lowest BCUT2D eigenvalue weighted by atomic mass is 10.4. The third kappa shape index (κ3) is 1.68. The molecule has 5 heteroatoms. The first-order chi connectivity index (χ1) is 6.81. The van der Waals surface area contributed by atoms with E-state index in [1.54, 1.807) is 18.6 Å². The summed E-state index contributed by atoms with van der Waals surface area (Å²) in [6, 6.07) is 0. The third-order valence-corrected chi connectivity index (χ3v) is 2.27. The van der Waals surface area contributed by atoms with Gasteiger partial charge in [0.2, 0.25) is 5.95 Å². The molecular formula is C9H9BrN4. The maximum Gasteiger partial charge on any atom is 0.235 e. The van der Waals surface area contributed by atoms with Crippen LogP contribution in [-0.2, 0) is 6.42 Å². The van der Waals surface area contributed by atoms with Gasteiger partial charge in [-0.05, 0) is 15.9 Å². The van der Waals surface area contributed by atoms with Crippen LogP contribution in [0.3, 0.4) is 0 Å². The van der Waals surface area contributed by atoms with Gasteiger partial charge in [0.25, 0.3) is 0 Å². The third-order valence-electron chi connectivity index (χ3n) is 1.86. The highest BCUT2D eigenvalue weighted by molar-refractivity contribution is 9.10. The van der Waals surface area contributed by atoms with Gasteiger partial charge in [0, 0.05) is 31.2 Å². The molecule has 0 unspecified atom stereocenters. The van der Waals surface area contributed by atoms with E-state index in [1.807, 2.05) is 10.8 Å². The maximum absolute atomic E-state index is 4.20. The number of rotatable bonds is 2. The van der Waals surface area contributed by atoms with Crippen molar-refractivity contribution in [2.24, 2.45) is 0 Å². The van der Waals surface area contributed by atoms with Gasteiger partial charge in [0.05, 0.1) is 4.47 Å². The van der Waals surface area contributed by atoms with Crippen molar-refractivity contribution >= 4 is 15.9 Å². The Balaban J connectivity index is 2.44. The van der Waals surface area contributed by atoms with E-state index >= 15 is 0 Å². The molecule has 0 aromatic carbocycles. The zero-order valence-electron chi connectivity index (χ0n) is 7.68. The molecule has 72 valence electrons. The Labute approximate surface area is 90.2 Å². The smallest absolute Gasteiger partial charge is 0.235 e. The molecule has 0 aliphatic carbocycles. The van der Waals surface area contributed by atoms with Gasteiger partial charge in [-0.25, -0.2) is 15.0 Å². The Morgan fingerprint density at radius 1 is 1.29 bits per heavy atom. The predicted molar refractivity (Wildman–Crippen MR) is 56.2 cm³/mol. The zero-order chi connectivity index (χ0) is 9.97. The van der Waals surface area contributed by atoms with Crippen molar-refractivity contribution < 1.29 is 0 Å². The van der Waals surface area contributed by atoms with Crippen LogP contribution in [0.5, 0.6) is 0 Å². The van der Waals surface area contributed by atoms with E-state index < -0.39 is 0 Å². The number of imidazole rings is 1. The second kappa shape index (κ2) is 3.88. The second-order valence-corrected chi connectivity index (χ2v) is 3.68. The first kappa shape index (κ1) is 9.33. The minimum atomic E-state index is 0.655. The van der Waals surface area contributed by atoms with Crippen molar-refractivity contribution in [3.63, 3.8) is 0 Å². The van der Waals surface area contributed by atoms with E-state index in [4.69, 9.17) is 0 Å². The molecule has 0 N–H and O–H groups in total. The van der Waals surface area contributed by atoms with Crippen molar-refractivity contribution in [2.75, 3.05) is 0 Å². The number of hydrogen-bond donors (Lipinski definition) is 0. The Morgan fingerprint density at radius 3 is 2.64 bits per heavy atom. The van der Waals surface area contributed by atoms with Crippen LogP contribution in [0, 0.1) is 0 Å². The summed E-state index contributed by atoms with van der Waals surface area (Å²) in [5.74, 6) is 1.62. The van der Waals surface area contributed by atoms with Crippen LogP contribution in [0.1, 0.15) is 12.7 Å². The normalized spacial score (nSPS) is 10.4. The summed E-state index contributed by atoms with van der Waals surface area (Å²) in [5, 5.41) is 0. The van der Waals surface area contributed by atoms with Crippen molar-refractivity contribution in [1.82, 2.24) is 19.5 Å². The topological polar surface area (TPSA) is 43.6 Å². The second-order valence-electron chi connectivity index (χ2n) is 2.77. The van der Waals surface area contributed by atoms with Crippen molar-refractivity contribution in [2.45, 2.75) is 13.3 Å². The number of nitrogens with zero attached hydrogens (tertiary/aromatic N) is 4. The monoisotopic (exact) mass is 252 g/mol. The van der Waals surface area contributed by atoms with E-state index in [1.165, 1.54) is 0 Å². The van der Waals surface area contributed by atoms with E-state index in [0.29, 0.717) is 5.95 Å². The van der Waals surface area contributed by atoms with Crippen molar-refractivity contribution in [3.8, 4) is 5.95 Å². The number of halogens is 1. The molecule has 2 rings (SSSR count). The van der Waals surface area contributed by atoms with Gasteiger partial charge >= 0.3 is 0 Å². The summed E-state index contributed by atoms with van der Waals surface area (Å²) in [7, 11) is 0. The average molecular weight is 253 g/mol. The molecule has 2 aromatic heterocycles. The molecule has 4 nitrogen and oxygen atoms in total. The zero-order valence-corrected chi connectivity index (χ0v) is 9.27. The highest BCUT2D eigenvalue weighted by atomic mass is 79.9. The summed E-state index contributed by atoms with van der Waals surface area (Å²) < 4.78 is 2.76. The van der Waals surface area contributed by atoms with Gasteiger partial charge in [0.15, 0.2) is 0 Å². The molecule has 0 aliphatic rings. The fourth-order valence-electron chi connectivity index (χ4n) is 1.21. The van der Waals surface area contributed by atoms with E-state index in [2.05, 4.69) is 37.8 Å². The van der Waals surface area contributed by atoms with Crippen LogP contribution in [0.4, 0.5) is 0 Å². The minimum Gasteiger partial charge on any atom is -0.272 e. The molecular weight excluding hydrogens is 244 g/mol. The Hall–Kier alpha value is -1.23. The molecule has 0 fully saturated rings. The van der Waals surface area contributed by atoms with E-state index in [-0.39, 0.29) is 0 Å². The lowest BCUT2D eigenvalue weighted by Crippen LogP contribution is -2.03. The Kier molecular flexibility index (Phi) is 2.58. The van der Waals surface area contributed by atoms with Crippen molar-refractivity contribution in [3.05, 3.63) is 35.1 Å². The van der Waals surface area contributed by atoms with Gasteiger partial charge < -0.3 is 0 Å². The lowest BCUT2D eigenvalue weighted by molar-refractivity contribution is 0.834. The summed E-state index contributed by atoms with van der Waals surface area (Å²) >= 11 is 3.29. The molecule has 2 aromatic rings. The molecule has 0 atom stereocenters. The SMILES string of the molecule is CCc1nccn1-c1ncc(Br)cn1. The molecule has 14 heavy (non-hydrogen) atoms. The minimum absolute atomic E-state index is 0.655. The highest BCUT2D eigenvalue weighted by Gasteiger charge is 2.04. The van der Waals surface area contributed by atoms with Crippen LogP contribution in [-0.4, -0.2) is 19.5 Å². The molecule has 0 aliphatic heterocycles. The van der Waals surface area contributed by atoms with Crippen LogP contribution in [0.15, 0.2) is 29.3 Å². The Morgan fingerprint density at radius 2 is 2.00 bits per heavy atom. The molecule has 0 saturated carbocycles. The molecule has 0 saturated heterocycles. The molecule has 0 spiro atoms. The van der Waals surface area contributed by atoms with Crippen LogP contribution in [0.25, 0.3) is 5.95 Å². The average Bonchev–Trinajstić information content (AvgIpc) is 2.67. The standard InChI is InChI=1S/C9H9BrN4/c1-2-8-11-3-4-14(8)9-12-5-7(10)6-13-9/h3-6H,2H2,1H3. The van der Waals surface area contributed by atoms with Crippen LogP contribution < -0.4 is 0 Å². The fourth-order valence-corrected chi connectivity index (χ4v) is 1.41. The van der Waals surface area contributed by atoms with Gasteiger partial charge in [-0.1, -0.05) is 6.92 Å². The lowest BCUT2D eigenvalue weighted by Gasteiger charge is -2.03. The molecule has 0 bridgehead atoms. The summed E-state index contributed by atoms with van der Waals surface area (Å²) in [6.45, 7) is 2.05. The van der Waals surface area contributed by atoms with Crippen LogP contribution in [0.2, 0.25) is 0 Å². The fraction of sp³-hybridized carbons (Fsp3) is 0.222. The summed E-state index contributed by atoms with van der Waals surface area (Å²) in [4.78, 5) is 12.6. The highest BCUT2D eigenvalue weighted by Crippen LogP contribution is 2.09. The number of hydrogen-bond acceptors (Lipinski definition) is 3. The van der Waals surface area contributed by atoms with Crippen molar-refractivity contribution in [1.29, 1.82) is 0 Å². The van der Waals surface area contributed by atoms with Crippen LogP contribution >= 0.6 is 15.9 Å². The van der Waals surface area contributed by atoms with Gasteiger partial charge in [-0.15, -0.1) is 0 Å². The molecule has 0 amide bonds. The quantitative estimate of drug-likeness (QED) is 0.821. The van der Waals surface area contributed by atoms with E-state index in [0.717, 1.165) is 16.7 Å². The van der Waals surface area contributed by atoms with Gasteiger partial charge in [0.1, 0.15) is 5.82 Å². The summed E-state index contributed by atoms with van der Waals surface area (Å²) in [6.07, 6.45) is 7.93. The number of aryl methyl sites for hydroxylation is 1. The molecule has 2 heterocycles. The maximum atomic E-state index is 4.20. The van der Waals surface area contributed by atoms with Gasteiger partial charge in [-0.3, -0.25) is 4.57 Å². The molecule has 0 radical (unpaired) electrons. The Bertz CT molecular complexity index is 421.